The van der Waals surface area contributed by atoms with Gasteiger partial charge in [-0.05, 0) is 0 Å². The molecule has 0 saturated heterocycles. The summed E-state index contributed by atoms with van der Waals surface area (Å²) in [6.45, 7) is 0. The molecule has 0 amide bonds. The Bertz CT molecular complexity index is 8.00. The van der Waals surface area contributed by atoms with E-state index in [0.29, 0.717) is 0 Å². The Balaban J connectivity index is 0. The predicted molar refractivity (Wildman–Crippen MR) is 5.75 cm³/mol. The third-order valence-corrected chi connectivity index (χ3v) is 0. The molecule has 0 aromatic heterocycles. The number of hydrogen-bond acceptors (Lipinski definition) is 0. The van der Waals surface area contributed by atoms with Gasteiger partial charge in [0.15, 0.2) is 0 Å². The van der Waals surface area contributed by atoms with Gasteiger partial charge in [-0.25, -0.2) is 0 Å². The molecule has 19 valence electrons. The van der Waals surface area contributed by atoms with Crippen LogP contribution in [-0.2, 0) is 53.3 Å². The first-order chi connectivity index (χ1) is 0. The van der Waals surface area contributed by atoms with E-state index < -0.39 is 0 Å². The normalized spacial score (nSPS) is 0. The van der Waals surface area contributed by atoms with Gasteiger partial charge in [0, 0.05) is 0 Å². The van der Waals surface area contributed by atoms with E-state index in [1.165, 1.54) is 0 Å². The fraction of sp³-hybridized carbons (Fsp3) is 0. The molecule has 4 heteroatoms. The largest absolute Gasteiger partial charge is 3.00 e. The van der Waals surface area contributed by atoms with Crippen LogP contribution in [0.4, 0.5) is 0 Å². The second-order valence-electron chi connectivity index (χ2n) is 0. The quantitative estimate of drug-likeness (QED) is 0.535. The Labute approximate surface area is 76.0 Å². The molecule has 4 heavy (non-hydrogen) atoms. The van der Waals surface area contributed by atoms with Gasteiger partial charge in [-0.1, -0.05) is 0 Å². The van der Waals surface area contributed by atoms with Crippen LogP contribution in [0.25, 0.3) is 0 Å². The maximum absolute atomic E-state index is 0. The first-order valence-electron chi connectivity index (χ1n) is 0. The van der Waals surface area contributed by atoms with Gasteiger partial charge in [0.1, 0.15) is 0 Å². The van der Waals surface area contributed by atoms with Crippen molar-refractivity contribution in [1.82, 2.24) is 0 Å². The molecule has 0 aliphatic carbocycles. The molecule has 0 fully saturated rings. The van der Waals surface area contributed by atoms with Gasteiger partial charge in [-0.2, -0.15) is 0 Å². The van der Waals surface area contributed by atoms with Crippen molar-refractivity contribution in [2.45, 2.75) is 0 Å². The Morgan fingerprint density at radius 1 is 1.00 bits per heavy atom. The van der Waals surface area contributed by atoms with Crippen molar-refractivity contribution in [2.75, 3.05) is 0 Å². The van der Waals surface area contributed by atoms with Gasteiger partial charge in [0.25, 0.3) is 0 Å². The zero-order valence-corrected chi connectivity index (χ0v) is 9.40. The second kappa shape index (κ2) is 18.0. The molecular weight excluding hydrogens is 304 g/mol. The zero-order chi connectivity index (χ0) is 0. The molecule has 0 saturated carbocycles. The Hall–Kier alpha value is 2.44. The molecule has 0 spiro atoms. The topological polar surface area (TPSA) is 0 Å². The van der Waals surface area contributed by atoms with Gasteiger partial charge in [-0.3, -0.25) is 0 Å². The molecule has 0 N–H and O–H groups in total. The fourth-order valence-electron chi connectivity index (χ4n) is 0. The molecular formula is CrNiTeZn+5. The molecule has 0 atom stereocenters. The van der Waals surface area contributed by atoms with Crippen molar-refractivity contribution in [3.05, 3.63) is 0 Å². The maximum atomic E-state index is 0. The van der Waals surface area contributed by atoms with Crippen LogP contribution in [0.5, 0.6) is 0 Å². The molecule has 0 aliphatic heterocycles. The van der Waals surface area contributed by atoms with Crippen LogP contribution >= 0.6 is 0 Å². The van der Waals surface area contributed by atoms with E-state index in [2.05, 4.69) is 0 Å². The standard InChI is InChI=1S/Cr.Ni.Te.Zn/q+3;+2;-2;+2. The van der Waals surface area contributed by atoms with Crippen molar-refractivity contribution < 1.29 is 53.3 Å². The Morgan fingerprint density at radius 2 is 1.00 bits per heavy atom. The summed E-state index contributed by atoms with van der Waals surface area (Å²) in [6, 6.07) is 0. The first kappa shape index (κ1) is 32.0. The van der Waals surface area contributed by atoms with E-state index in [9.17, 15) is 0 Å². The van der Waals surface area contributed by atoms with E-state index in [1.807, 2.05) is 0 Å². The van der Waals surface area contributed by atoms with Crippen molar-refractivity contribution >= 4 is 23.7 Å². The summed E-state index contributed by atoms with van der Waals surface area (Å²) < 4.78 is 0. The van der Waals surface area contributed by atoms with Crippen molar-refractivity contribution in [1.29, 1.82) is 0 Å². The van der Waals surface area contributed by atoms with E-state index in [0.717, 1.165) is 0 Å². The average molecular weight is 304 g/mol. The third-order valence-electron chi connectivity index (χ3n) is 0. The van der Waals surface area contributed by atoms with Gasteiger partial charge in [0.05, 0.1) is 0 Å². The number of rotatable bonds is 0. The van der Waals surface area contributed by atoms with Gasteiger partial charge >= 0.3 is 53.3 Å². The van der Waals surface area contributed by atoms with E-state index in [1.54, 1.807) is 0 Å². The molecule has 0 nitrogen and oxygen atoms in total. The summed E-state index contributed by atoms with van der Waals surface area (Å²) in [7, 11) is 0. The average Bonchev–Trinajstić information content (AvgIpc) is 0. The Kier molecular flexibility index (Phi) is 144. The molecule has 1 radical (unpaired) electrons. The van der Waals surface area contributed by atoms with Crippen molar-refractivity contribution in [2.24, 2.45) is 0 Å². The van der Waals surface area contributed by atoms with Crippen LogP contribution < -0.4 is 0 Å². The van der Waals surface area contributed by atoms with E-state index in [-0.39, 0.29) is 77.0 Å². The monoisotopic (exact) mass is 304 g/mol. The van der Waals surface area contributed by atoms with Crippen LogP contribution in [0.2, 0.25) is 0 Å². The van der Waals surface area contributed by atoms with Crippen LogP contribution in [0.15, 0.2) is 0 Å². The molecule has 0 heterocycles. The van der Waals surface area contributed by atoms with Crippen LogP contribution in [0, 0.1) is 0 Å². The zero-order valence-electron chi connectivity index (χ0n) is 1.84. The minimum absolute atomic E-state index is 0. The van der Waals surface area contributed by atoms with Crippen LogP contribution in [0.1, 0.15) is 0 Å². The van der Waals surface area contributed by atoms with Crippen LogP contribution in [0.3, 0.4) is 0 Å². The third kappa shape index (κ3) is 8.83. The summed E-state index contributed by atoms with van der Waals surface area (Å²) in [6.07, 6.45) is 0. The molecule has 0 bridgehead atoms. The predicted octanol–water partition coefficient (Wildman–Crippen LogP) is -0.388. The minimum Gasteiger partial charge on any atom is -2.00 e. The van der Waals surface area contributed by atoms with E-state index >= 15 is 0 Å². The molecule has 0 aromatic carbocycles. The SMILES string of the molecule is [Cr+3].[Ni+2].[Te-2].[Zn+2]. The first-order valence-corrected chi connectivity index (χ1v) is 0. The molecule has 0 unspecified atom stereocenters. The molecule has 0 aromatic rings. The Morgan fingerprint density at radius 3 is 1.00 bits per heavy atom. The summed E-state index contributed by atoms with van der Waals surface area (Å²) in [5, 5.41) is 0. The van der Waals surface area contributed by atoms with Gasteiger partial charge in [-0.15, -0.1) is 0 Å². The minimum atomic E-state index is 0. The summed E-state index contributed by atoms with van der Waals surface area (Å²) >= 11 is 0. The molecule has 0 rings (SSSR count). The maximum Gasteiger partial charge on any atom is 3.00 e. The smallest absolute Gasteiger partial charge is 2.00 e. The fourth-order valence-corrected chi connectivity index (χ4v) is 0. The van der Waals surface area contributed by atoms with E-state index in [4.69, 9.17) is 0 Å². The number of hydrogen-bond donors (Lipinski definition) is 0. The van der Waals surface area contributed by atoms with Crippen molar-refractivity contribution in [3.63, 3.8) is 0 Å². The van der Waals surface area contributed by atoms with Gasteiger partial charge < -0.3 is 23.7 Å². The molecule has 0 aliphatic rings. The van der Waals surface area contributed by atoms with Crippen molar-refractivity contribution in [3.8, 4) is 0 Å². The summed E-state index contributed by atoms with van der Waals surface area (Å²) in [5.74, 6) is 0. The summed E-state index contributed by atoms with van der Waals surface area (Å²) in [4.78, 5) is 0. The van der Waals surface area contributed by atoms with Gasteiger partial charge in [0.2, 0.25) is 0 Å². The summed E-state index contributed by atoms with van der Waals surface area (Å²) in [5.41, 5.74) is 0. The van der Waals surface area contributed by atoms with Crippen LogP contribution in [-0.4, -0.2) is 23.7 Å². The second-order valence-corrected chi connectivity index (χ2v) is 0.